The highest BCUT2D eigenvalue weighted by Crippen LogP contribution is 2.24. The molecule has 0 aliphatic carbocycles. The van der Waals surface area contributed by atoms with Crippen LogP contribution >= 0.6 is 11.6 Å². The van der Waals surface area contributed by atoms with Gasteiger partial charge in [0.15, 0.2) is 0 Å². The van der Waals surface area contributed by atoms with Gasteiger partial charge in [-0.15, -0.1) is 0 Å². The maximum atomic E-state index is 11.6. The van der Waals surface area contributed by atoms with E-state index in [-0.39, 0.29) is 0 Å². The SMILES string of the molecule is C=C/C=C(\C=C(\Cl)C(=C)N1CCC(OCC)CC1)C(=O)OC.COC. The Morgan fingerprint density at radius 2 is 1.84 bits per heavy atom. The first-order valence-electron chi connectivity index (χ1n) is 8.19. The van der Waals surface area contributed by atoms with Gasteiger partial charge < -0.3 is 19.1 Å². The molecule has 0 spiro atoms. The fourth-order valence-corrected chi connectivity index (χ4v) is 2.56. The number of esters is 1. The van der Waals surface area contributed by atoms with Crippen molar-refractivity contribution >= 4 is 17.6 Å². The summed E-state index contributed by atoms with van der Waals surface area (Å²) in [6.07, 6.45) is 6.84. The van der Waals surface area contributed by atoms with Crippen molar-refractivity contribution in [3.63, 3.8) is 0 Å². The quantitative estimate of drug-likeness (QED) is 0.388. The fourth-order valence-electron chi connectivity index (χ4n) is 2.32. The van der Waals surface area contributed by atoms with E-state index in [1.807, 2.05) is 6.92 Å². The van der Waals surface area contributed by atoms with Crippen molar-refractivity contribution in [2.45, 2.75) is 25.9 Å². The molecule has 0 aromatic carbocycles. The number of likely N-dealkylation sites (tertiary alicyclic amines) is 1. The molecule has 5 nitrogen and oxygen atoms in total. The van der Waals surface area contributed by atoms with Gasteiger partial charge in [-0.3, -0.25) is 0 Å². The summed E-state index contributed by atoms with van der Waals surface area (Å²) >= 11 is 6.30. The van der Waals surface area contributed by atoms with E-state index in [0.29, 0.717) is 22.4 Å². The minimum atomic E-state index is -0.457. The lowest BCUT2D eigenvalue weighted by molar-refractivity contribution is -0.135. The van der Waals surface area contributed by atoms with E-state index in [1.54, 1.807) is 26.4 Å². The molecular weight excluding hydrogens is 342 g/mol. The standard InChI is InChI=1S/C17H24ClNO3.C2H6O/c1-5-7-14(17(20)21-4)12-16(18)13(3)19-10-8-15(9-11-19)22-6-2;1-3-2/h5,7,12,15H,1,3,6,8-11H2,2,4H3;1-2H3/b14-7+,16-12+;. The monoisotopic (exact) mass is 371 g/mol. The van der Waals surface area contributed by atoms with Crippen LogP contribution in [0.5, 0.6) is 0 Å². The van der Waals surface area contributed by atoms with Gasteiger partial charge in [0.25, 0.3) is 0 Å². The summed E-state index contributed by atoms with van der Waals surface area (Å²) in [7, 11) is 4.58. The molecule has 0 radical (unpaired) electrons. The molecule has 0 atom stereocenters. The van der Waals surface area contributed by atoms with Gasteiger partial charge in [-0.1, -0.05) is 30.8 Å². The number of hydrogen-bond donors (Lipinski definition) is 0. The first-order chi connectivity index (χ1) is 11.9. The second-order valence-electron chi connectivity index (χ2n) is 5.34. The number of methoxy groups -OCH3 is 2. The number of halogens is 1. The van der Waals surface area contributed by atoms with E-state index in [4.69, 9.17) is 21.1 Å². The van der Waals surface area contributed by atoms with Gasteiger partial charge in [0.1, 0.15) is 0 Å². The molecule has 0 aromatic rings. The summed E-state index contributed by atoms with van der Waals surface area (Å²) in [5.74, 6) is -0.457. The number of ether oxygens (including phenoxy) is 3. The van der Waals surface area contributed by atoms with E-state index < -0.39 is 5.97 Å². The molecule has 0 unspecified atom stereocenters. The molecule has 1 fully saturated rings. The van der Waals surface area contributed by atoms with Gasteiger partial charge in [-0.25, -0.2) is 4.79 Å². The summed E-state index contributed by atoms with van der Waals surface area (Å²) in [5, 5.41) is 0.424. The van der Waals surface area contributed by atoms with Crippen LogP contribution in [0.25, 0.3) is 0 Å². The van der Waals surface area contributed by atoms with Crippen LogP contribution < -0.4 is 0 Å². The van der Waals surface area contributed by atoms with Gasteiger partial charge in [0.05, 0.1) is 23.8 Å². The maximum absolute atomic E-state index is 11.6. The molecule has 0 N–H and O–H groups in total. The lowest BCUT2D eigenvalue weighted by Crippen LogP contribution is -2.36. The molecule has 0 amide bonds. The van der Waals surface area contributed by atoms with Gasteiger partial charge in [-0.2, -0.15) is 0 Å². The zero-order valence-corrected chi connectivity index (χ0v) is 16.5. The summed E-state index contributed by atoms with van der Waals surface area (Å²) in [4.78, 5) is 13.8. The molecule has 0 bridgehead atoms. The number of rotatable bonds is 7. The van der Waals surface area contributed by atoms with Gasteiger partial charge >= 0.3 is 5.97 Å². The first kappa shape index (κ1) is 23.4. The van der Waals surface area contributed by atoms with Crippen molar-refractivity contribution in [2.75, 3.05) is 41.0 Å². The summed E-state index contributed by atoms with van der Waals surface area (Å²) in [5.41, 5.74) is 1.04. The highest BCUT2D eigenvalue weighted by molar-refractivity contribution is 6.32. The van der Waals surface area contributed by atoms with Crippen LogP contribution in [0.2, 0.25) is 0 Å². The minimum Gasteiger partial charge on any atom is -0.465 e. The third-order valence-corrected chi connectivity index (χ3v) is 3.83. The van der Waals surface area contributed by atoms with E-state index in [1.165, 1.54) is 13.2 Å². The maximum Gasteiger partial charge on any atom is 0.337 e. The number of carbonyl (C=O) groups is 1. The topological polar surface area (TPSA) is 48.0 Å². The van der Waals surface area contributed by atoms with Crippen molar-refractivity contribution in [2.24, 2.45) is 0 Å². The lowest BCUT2D eigenvalue weighted by Gasteiger charge is -2.34. The van der Waals surface area contributed by atoms with Crippen molar-refractivity contribution in [3.05, 3.63) is 47.7 Å². The van der Waals surface area contributed by atoms with Crippen LogP contribution in [-0.4, -0.2) is 58.0 Å². The number of carbonyl (C=O) groups excluding carboxylic acids is 1. The second kappa shape index (κ2) is 13.7. The van der Waals surface area contributed by atoms with Gasteiger partial charge in [0.2, 0.25) is 0 Å². The van der Waals surface area contributed by atoms with Crippen molar-refractivity contribution in [1.82, 2.24) is 4.90 Å². The Kier molecular flexibility index (Phi) is 12.8. The molecule has 142 valence electrons. The molecule has 0 aromatic heterocycles. The Hall–Kier alpha value is -1.56. The van der Waals surface area contributed by atoms with Gasteiger partial charge in [-0.05, 0) is 31.9 Å². The molecule has 0 saturated carbocycles. The predicted octanol–water partition coefficient (Wildman–Crippen LogP) is 3.67. The third kappa shape index (κ3) is 8.91. The van der Waals surface area contributed by atoms with Crippen LogP contribution in [0, 0.1) is 0 Å². The normalized spacial score (nSPS) is 16.0. The Morgan fingerprint density at radius 1 is 1.28 bits per heavy atom. The summed E-state index contributed by atoms with van der Waals surface area (Å²) in [6, 6.07) is 0. The minimum absolute atomic E-state index is 0.308. The van der Waals surface area contributed by atoms with Crippen LogP contribution in [0.4, 0.5) is 0 Å². The molecular formula is C19H30ClNO4. The van der Waals surface area contributed by atoms with E-state index in [2.05, 4.69) is 22.8 Å². The Balaban J connectivity index is 0.00000178. The van der Waals surface area contributed by atoms with E-state index in [9.17, 15) is 4.79 Å². The summed E-state index contributed by atoms with van der Waals surface area (Å²) < 4.78 is 14.6. The first-order valence-corrected chi connectivity index (χ1v) is 8.57. The largest absolute Gasteiger partial charge is 0.465 e. The van der Waals surface area contributed by atoms with E-state index >= 15 is 0 Å². The zero-order valence-electron chi connectivity index (χ0n) is 15.7. The molecule has 6 heteroatoms. The highest BCUT2D eigenvalue weighted by atomic mass is 35.5. The second-order valence-corrected chi connectivity index (χ2v) is 5.75. The average Bonchev–Trinajstić information content (AvgIpc) is 2.61. The van der Waals surface area contributed by atoms with Gasteiger partial charge in [0, 0.05) is 39.6 Å². The highest BCUT2D eigenvalue weighted by Gasteiger charge is 2.21. The lowest BCUT2D eigenvalue weighted by atomic mass is 10.1. The Bertz CT molecular complexity index is 492. The van der Waals surface area contributed by atoms with Crippen LogP contribution in [0.15, 0.2) is 47.7 Å². The smallest absolute Gasteiger partial charge is 0.337 e. The zero-order chi connectivity index (χ0) is 19.2. The van der Waals surface area contributed by atoms with Crippen molar-refractivity contribution in [1.29, 1.82) is 0 Å². The molecule has 1 aliphatic rings. The van der Waals surface area contributed by atoms with E-state index in [0.717, 1.165) is 32.5 Å². The molecule has 25 heavy (non-hydrogen) atoms. The van der Waals surface area contributed by atoms with Crippen molar-refractivity contribution in [3.8, 4) is 0 Å². The molecule has 1 aliphatic heterocycles. The number of piperidine rings is 1. The van der Waals surface area contributed by atoms with Crippen LogP contribution in [0.1, 0.15) is 19.8 Å². The van der Waals surface area contributed by atoms with Crippen molar-refractivity contribution < 1.29 is 19.0 Å². The van der Waals surface area contributed by atoms with Crippen LogP contribution in [-0.2, 0) is 19.0 Å². The number of allylic oxidation sites excluding steroid dienone is 3. The Morgan fingerprint density at radius 3 is 2.28 bits per heavy atom. The fraction of sp³-hybridized carbons (Fsp3) is 0.526. The Labute approximate surface area is 156 Å². The molecule has 1 rings (SSSR count). The predicted molar refractivity (Wildman–Crippen MR) is 103 cm³/mol. The average molecular weight is 372 g/mol. The van der Waals surface area contributed by atoms with Crippen LogP contribution in [0.3, 0.4) is 0 Å². The number of hydrogen-bond acceptors (Lipinski definition) is 5. The third-order valence-electron chi connectivity index (χ3n) is 3.50. The summed E-state index contributed by atoms with van der Waals surface area (Å²) in [6.45, 7) is 12.0. The number of nitrogens with zero attached hydrogens (tertiary/aromatic N) is 1. The molecule has 1 saturated heterocycles. The molecule has 1 heterocycles.